The summed E-state index contributed by atoms with van der Waals surface area (Å²) in [7, 11) is 0. The molecular formula is C9H17NO. The highest BCUT2D eigenvalue weighted by Crippen LogP contribution is 2.28. The van der Waals surface area contributed by atoms with Gasteiger partial charge >= 0.3 is 0 Å². The molecule has 0 aromatic rings. The van der Waals surface area contributed by atoms with Crippen molar-refractivity contribution in [2.75, 3.05) is 0 Å². The van der Waals surface area contributed by atoms with Crippen LogP contribution in [0.3, 0.4) is 0 Å². The monoisotopic (exact) mass is 155 g/mol. The molecule has 0 heterocycles. The van der Waals surface area contributed by atoms with Gasteiger partial charge in [0, 0.05) is 6.04 Å². The van der Waals surface area contributed by atoms with E-state index in [-0.39, 0.29) is 0 Å². The summed E-state index contributed by atoms with van der Waals surface area (Å²) in [5, 5.41) is 2.88. The van der Waals surface area contributed by atoms with E-state index in [9.17, 15) is 4.79 Å². The fourth-order valence-corrected chi connectivity index (χ4v) is 1.90. The largest absolute Gasteiger partial charge is 0.356 e. The summed E-state index contributed by atoms with van der Waals surface area (Å²) in [6, 6.07) is 0.427. The number of hydrogen-bond acceptors (Lipinski definition) is 1. The number of amides is 1. The third kappa shape index (κ3) is 1.95. The summed E-state index contributed by atoms with van der Waals surface area (Å²) in [5.41, 5.74) is 0. The molecule has 3 atom stereocenters. The van der Waals surface area contributed by atoms with E-state index in [0.717, 1.165) is 18.7 Å². The normalized spacial score (nSPS) is 38.2. The molecule has 1 rings (SSSR count). The van der Waals surface area contributed by atoms with Crippen LogP contribution in [0.4, 0.5) is 0 Å². The van der Waals surface area contributed by atoms with Gasteiger partial charge in [-0.15, -0.1) is 0 Å². The Labute approximate surface area is 68.4 Å². The zero-order valence-corrected chi connectivity index (χ0v) is 7.34. The predicted molar refractivity (Wildman–Crippen MR) is 45.2 cm³/mol. The summed E-state index contributed by atoms with van der Waals surface area (Å²) in [4.78, 5) is 10.2. The Kier molecular flexibility index (Phi) is 2.92. The van der Waals surface area contributed by atoms with E-state index in [1.807, 2.05) is 0 Å². The molecule has 0 saturated heterocycles. The summed E-state index contributed by atoms with van der Waals surface area (Å²) >= 11 is 0. The first kappa shape index (κ1) is 8.57. The van der Waals surface area contributed by atoms with E-state index in [0.29, 0.717) is 12.0 Å². The van der Waals surface area contributed by atoms with Gasteiger partial charge in [0.15, 0.2) is 0 Å². The molecule has 0 spiro atoms. The molecule has 1 fully saturated rings. The number of carbonyl (C=O) groups is 1. The second-order valence-corrected chi connectivity index (χ2v) is 3.66. The van der Waals surface area contributed by atoms with E-state index in [2.05, 4.69) is 19.2 Å². The molecule has 64 valence electrons. The van der Waals surface area contributed by atoms with Crippen molar-refractivity contribution in [1.82, 2.24) is 5.32 Å². The van der Waals surface area contributed by atoms with Gasteiger partial charge in [-0.2, -0.15) is 0 Å². The van der Waals surface area contributed by atoms with Gasteiger partial charge < -0.3 is 5.32 Å². The van der Waals surface area contributed by atoms with Crippen molar-refractivity contribution in [3.05, 3.63) is 0 Å². The summed E-state index contributed by atoms with van der Waals surface area (Å²) in [6.45, 7) is 4.49. The molecule has 0 bridgehead atoms. The van der Waals surface area contributed by atoms with Crippen LogP contribution >= 0.6 is 0 Å². The Bertz CT molecular complexity index is 136. The first-order chi connectivity index (χ1) is 5.25. The third-order valence-electron chi connectivity index (χ3n) is 2.99. The Morgan fingerprint density at radius 3 is 2.73 bits per heavy atom. The van der Waals surface area contributed by atoms with Crippen LogP contribution in [-0.4, -0.2) is 12.5 Å². The lowest BCUT2D eigenvalue weighted by molar-refractivity contribution is -0.110. The Balaban J connectivity index is 2.43. The van der Waals surface area contributed by atoms with Crippen molar-refractivity contribution >= 4 is 6.41 Å². The van der Waals surface area contributed by atoms with Crippen LogP contribution in [-0.2, 0) is 4.79 Å². The molecular weight excluding hydrogens is 138 g/mol. The average molecular weight is 155 g/mol. The maximum absolute atomic E-state index is 10.2. The molecule has 0 aliphatic heterocycles. The highest BCUT2D eigenvalue weighted by atomic mass is 16.1. The number of rotatable bonds is 2. The SMILES string of the molecule is CC1CCCC(NC=O)C1C. The second kappa shape index (κ2) is 3.74. The van der Waals surface area contributed by atoms with Crippen molar-refractivity contribution in [2.45, 2.75) is 39.2 Å². The molecule has 11 heavy (non-hydrogen) atoms. The standard InChI is InChI=1S/C9H17NO/c1-7-4-3-5-9(8(7)2)10-6-11/h6-9H,3-5H2,1-2H3,(H,10,11). The lowest BCUT2D eigenvalue weighted by atomic mass is 9.78. The lowest BCUT2D eigenvalue weighted by Gasteiger charge is -2.33. The van der Waals surface area contributed by atoms with Crippen molar-refractivity contribution < 1.29 is 4.79 Å². The van der Waals surface area contributed by atoms with Gasteiger partial charge in [-0.1, -0.05) is 26.7 Å². The Morgan fingerprint density at radius 2 is 2.09 bits per heavy atom. The predicted octanol–water partition coefficient (Wildman–Crippen LogP) is 1.56. The molecule has 0 aromatic carbocycles. The fraction of sp³-hybridized carbons (Fsp3) is 0.889. The Morgan fingerprint density at radius 1 is 1.36 bits per heavy atom. The zero-order chi connectivity index (χ0) is 8.27. The molecule has 1 saturated carbocycles. The first-order valence-electron chi connectivity index (χ1n) is 4.45. The van der Waals surface area contributed by atoms with E-state index in [4.69, 9.17) is 0 Å². The van der Waals surface area contributed by atoms with Gasteiger partial charge in [0.25, 0.3) is 0 Å². The molecule has 0 aromatic heterocycles. The average Bonchev–Trinajstić information content (AvgIpc) is 1.99. The fourth-order valence-electron chi connectivity index (χ4n) is 1.90. The molecule has 3 unspecified atom stereocenters. The van der Waals surface area contributed by atoms with Crippen LogP contribution in [0.25, 0.3) is 0 Å². The van der Waals surface area contributed by atoms with Crippen molar-refractivity contribution in [3.8, 4) is 0 Å². The quantitative estimate of drug-likeness (QED) is 0.602. The topological polar surface area (TPSA) is 29.1 Å². The van der Waals surface area contributed by atoms with Crippen molar-refractivity contribution in [2.24, 2.45) is 11.8 Å². The number of nitrogens with one attached hydrogen (secondary N) is 1. The van der Waals surface area contributed by atoms with Crippen LogP contribution in [0.5, 0.6) is 0 Å². The van der Waals surface area contributed by atoms with Crippen LogP contribution in [0.2, 0.25) is 0 Å². The van der Waals surface area contributed by atoms with E-state index in [1.165, 1.54) is 12.8 Å². The highest BCUT2D eigenvalue weighted by molar-refractivity contribution is 5.46. The van der Waals surface area contributed by atoms with Crippen molar-refractivity contribution in [3.63, 3.8) is 0 Å². The van der Waals surface area contributed by atoms with Crippen LogP contribution in [0.15, 0.2) is 0 Å². The number of carbonyl (C=O) groups excluding carboxylic acids is 1. The van der Waals surface area contributed by atoms with Crippen LogP contribution in [0.1, 0.15) is 33.1 Å². The van der Waals surface area contributed by atoms with E-state index >= 15 is 0 Å². The van der Waals surface area contributed by atoms with E-state index in [1.54, 1.807) is 0 Å². The molecule has 1 aliphatic rings. The van der Waals surface area contributed by atoms with Gasteiger partial charge in [-0.3, -0.25) is 4.79 Å². The lowest BCUT2D eigenvalue weighted by Crippen LogP contribution is -2.39. The Hall–Kier alpha value is -0.530. The second-order valence-electron chi connectivity index (χ2n) is 3.66. The van der Waals surface area contributed by atoms with E-state index < -0.39 is 0 Å². The van der Waals surface area contributed by atoms with Gasteiger partial charge in [-0.05, 0) is 18.3 Å². The van der Waals surface area contributed by atoms with Crippen molar-refractivity contribution in [1.29, 1.82) is 0 Å². The van der Waals surface area contributed by atoms with Gasteiger partial charge in [-0.25, -0.2) is 0 Å². The highest BCUT2D eigenvalue weighted by Gasteiger charge is 2.25. The van der Waals surface area contributed by atoms with Gasteiger partial charge in [0.2, 0.25) is 6.41 Å². The maximum Gasteiger partial charge on any atom is 0.207 e. The van der Waals surface area contributed by atoms with Crippen LogP contribution < -0.4 is 5.32 Å². The summed E-state index contributed by atoms with van der Waals surface area (Å²) in [6.07, 6.45) is 4.57. The van der Waals surface area contributed by atoms with Gasteiger partial charge in [0.1, 0.15) is 0 Å². The molecule has 0 radical (unpaired) electrons. The molecule has 2 nitrogen and oxygen atoms in total. The molecule has 1 amide bonds. The maximum atomic E-state index is 10.2. The van der Waals surface area contributed by atoms with Gasteiger partial charge in [0.05, 0.1) is 0 Å². The minimum Gasteiger partial charge on any atom is -0.356 e. The minimum absolute atomic E-state index is 0.427. The number of hydrogen-bond donors (Lipinski definition) is 1. The molecule has 1 N–H and O–H groups in total. The minimum atomic E-state index is 0.427. The molecule has 2 heteroatoms. The molecule has 1 aliphatic carbocycles. The van der Waals surface area contributed by atoms with Crippen LogP contribution in [0, 0.1) is 11.8 Å². The summed E-state index contributed by atoms with van der Waals surface area (Å²) < 4.78 is 0. The smallest absolute Gasteiger partial charge is 0.207 e. The third-order valence-corrected chi connectivity index (χ3v) is 2.99. The first-order valence-corrected chi connectivity index (χ1v) is 4.45. The zero-order valence-electron chi connectivity index (χ0n) is 7.34. The summed E-state index contributed by atoms with van der Waals surface area (Å²) in [5.74, 6) is 1.41.